The van der Waals surface area contributed by atoms with Crippen molar-refractivity contribution in [3.8, 4) is 17.6 Å². The molecular weight excluding hydrogens is 478 g/mol. The first kappa shape index (κ1) is 25.8. The molecule has 4 rings (SSSR count). The van der Waals surface area contributed by atoms with Crippen LogP contribution in [0.4, 0.5) is 0 Å². The van der Waals surface area contributed by atoms with Crippen LogP contribution in [0, 0.1) is 11.8 Å². The third kappa shape index (κ3) is 7.35. The summed E-state index contributed by atoms with van der Waals surface area (Å²) in [4.78, 5) is 20.7. The van der Waals surface area contributed by atoms with Crippen LogP contribution in [-0.2, 0) is 33.0 Å². The number of hydrogen-bond donors (Lipinski definition) is 2. The molecule has 2 unspecified atom stereocenters. The third-order valence-corrected chi connectivity index (χ3v) is 6.40. The van der Waals surface area contributed by atoms with Gasteiger partial charge in [-0.25, -0.2) is 9.19 Å². The average molecular weight is 508 g/mol. The van der Waals surface area contributed by atoms with Gasteiger partial charge in [0, 0.05) is 42.9 Å². The second-order valence-corrected chi connectivity index (χ2v) is 9.62. The van der Waals surface area contributed by atoms with Gasteiger partial charge in [-0.15, -0.1) is 0 Å². The number of aromatic nitrogens is 2. The molecule has 0 spiro atoms. The maximum Gasteiger partial charge on any atom is 0.293 e. The van der Waals surface area contributed by atoms with Crippen LogP contribution in [0.1, 0.15) is 33.9 Å². The lowest BCUT2D eigenvalue weighted by atomic mass is 9.95. The summed E-state index contributed by atoms with van der Waals surface area (Å²) in [7, 11) is 0. The molecule has 3 aromatic rings. The Hall–Kier alpha value is -3.29. The molecule has 0 bridgehead atoms. The first-order chi connectivity index (χ1) is 17.5. The predicted octanol–water partition coefficient (Wildman–Crippen LogP) is 2.34. The number of hydrogen-bond acceptors (Lipinski definition) is 7. The Morgan fingerprint density at radius 1 is 1.08 bits per heavy atom. The number of H-pyrrole nitrogens is 1. The van der Waals surface area contributed by atoms with Crippen molar-refractivity contribution < 1.29 is 18.2 Å². The first-order valence-corrected chi connectivity index (χ1v) is 13.2. The Labute approximate surface area is 213 Å². The van der Waals surface area contributed by atoms with Crippen molar-refractivity contribution in [3.63, 3.8) is 0 Å². The molecule has 1 aliphatic heterocycles. The van der Waals surface area contributed by atoms with E-state index in [1.807, 2.05) is 36.4 Å². The van der Waals surface area contributed by atoms with Crippen molar-refractivity contribution in [1.82, 2.24) is 14.9 Å². The van der Waals surface area contributed by atoms with Gasteiger partial charge in [0.2, 0.25) is 5.75 Å². The largest absolute Gasteiger partial charge is 0.502 e. The van der Waals surface area contributed by atoms with Crippen molar-refractivity contribution in [2.75, 3.05) is 39.2 Å². The number of aromatic amines is 1. The number of morpholine rings is 1. The molecule has 8 nitrogen and oxygen atoms in total. The summed E-state index contributed by atoms with van der Waals surface area (Å²) in [6.07, 6.45) is 3.11. The molecule has 36 heavy (non-hydrogen) atoms. The highest BCUT2D eigenvalue weighted by Gasteiger charge is 2.21. The minimum atomic E-state index is -1.48. The zero-order valence-corrected chi connectivity index (χ0v) is 20.9. The lowest BCUT2D eigenvalue weighted by Gasteiger charge is -2.26. The van der Waals surface area contributed by atoms with Crippen LogP contribution in [0.15, 0.2) is 59.7 Å². The second-order valence-electron chi connectivity index (χ2n) is 8.58. The quantitative estimate of drug-likeness (QED) is 0.451. The Balaban J connectivity index is 1.40. The zero-order chi connectivity index (χ0) is 25.3. The van der Waals surface area contributed by atoms with Crippen molar-refractivity contribution >= 4 is 11.1 Å². The van der Waals surface area contributed by atoms with Gasteiger partial charge in [0.25, 0.3) is 5.56 Å². The molecule has 1 aromatic heterocycles. The van der Waals surface area contributed by atoms with Crippen molar-refractivity contribution in [1.29, 1.82) is 0 Å². The van der Waals surface area contributed by atoms with E-state index in [-0.39, 0.29) is 12.3 Å². The fraction of sp³-hybridized carbons (Fsp3) is 0.333. The summed E-state index contributed by atoms with van der Waals surface area (Å²) in [5.74, 6) is 5.50. The molecule has 0 saturated carbocycles. The molecule has 2 atom stereocenters. The smallest absolute Gasteiger partial charge is 0.293 e. The van der Waals surface area contributed by atoms with Crippen molar-refractivity contribution in [2.24, 2.45) is 0 Å². The zero-order valence-electron chi connectivity index (χ0n) is 20.1. The SMILES string of the molecule is CS(=O)OCC(Cc1ccc(C#Cc2ccc(CN3CCOCC3)cc2)cc1)c1nc[nH]c(=O)c1O. The Morgan fingerprint density at radius 3 is 2.31 bits per heavy atom. The maximum atomic E-state index is 11.8. The second kappa shape index (κ2) is 12.6. The standard InChI is InChI=1S/C27H29N3O5S/c1-36(33)35-18-24(25-26(31)27(32)29-19-28-25)16-22-8-4-20(5-9-22)2-3-21-6-10-23(11-7-21)17-30-12-14-34-15-13-30/h4-11,19,24,31H,12-18H2,1H3,(H,28,29,32). The van der Waals surface area contributed by atoms with Gasteiger partial charge in [-0.05, 0) is 41.8 Å². The monoisotopic (exact) mass is 507 g/mol. The van der Waals surface area contributed by atoms with Gasteiger partial charge >= 0.3 is 0 Å². The third-order valence-electron chi connectivity index (χ3n) is 5.93. The van der Waals surface area contributed by atoms with E-state index >= 15 is 0 Å². The summed E-state index contributed by atoms with van der Waals surface area (Å²) < 4.78 is 22.1. The van der Waals surface area contributed by atoms with Crippen molar-refractivity contribution in [3.05, 3.63) is 93.2 Å². The fourth-order valence-corrected chi connectivity index (χ4v) is 4.34. The number of aromatic hydroxyl groups is 1. The highest BCUT2D eigenvalue weighted by molar-refractivity contribution is 7.79. The normalized spacial score (nSPS) is 15.6. The van der Waals surface area contributed by atoms with Crippen LogP contribution in [0.5, 0.6) is 5.75 Å². The molecule has 0 radical (unpaired) electrons. The molecule has 2 N–H and O–H groups in total. The summed E-state index contributed by atoms with van der Waals surface area (Å²) in [6, 6.07) is 16.1. The van der Waals surface area contributed by atoms with Gasteiger partial charge in [-0.3, -0.25) is 13.9 Å². The van der Waals surface area contributed by atoms with E-state index in [1.54, 1.807) is 0 Å². The van der Waals surface area contributed by atoms with E-state index in [9.17, 15) is 14.1 Å². The first-order valence-electron chi connectivity index (χ1n) is 11.7. The average Bonchev–Trinajstić information content (AvgIpc) is 2.89. The number of rotatable bonds is 8. The summed E-state index contributed by atoms with van der Waals surface area (Å²) in [5.41, 5.74) is 3.62. The predicted molar refractivity (Wildman–Crippen MR) is 138 cm³/mol. The van der Waals surface area contributed by atoms with E-state index in [4.69, 9.17) is 8.92 Å². The molecular formula is C27H29N3O5S. The molecule has 1 saturated heterocycles. The van der Waals surface area contributed by atoms with Gasteiger partial charge in [0.1, 0.15) is 0 Å². The highest BCUT2D eigenvalue weighted by atomic mass is 32.2. The van der Waals surface area contributed by atoms with E-state index in [0.29, 0.717) is 6.42 Å². The van der Waals surface area contributed by atoms with E-state index in [0.717, 1.165) is 49.5 Å². The van der Waals surface area contributed by atoms with Crippen LogP contribution < -0.4 is 5.56 Å². The van der Waals surface area contributed by atoms with Crippen molar-refractivity contribution in [2.45, 2.75) is 18.9 Å². The van der Waals surface area contributed by atoms with Gasteiger partial charge < -0.3 is 14.8 Å². The minimum Gasteiger partial charge on any atom is -0.502 e. The lowest BCUT2D eigenvalue weighted by Crippen LogP contribution is -2.35. The molecule has 9 heteroatoms. The number of nitrogens with zero attached hydrogens (tertiary/aromatic N) is 2. The fourth-order valence-electron chi connectivity index (χ4n) is 3.98. The number of nitrogens with one attached hydrogen (secondary N) is 1. The Bertz CT molecular complexity index is 1290. The van der Waals surface area contributed by atoms with Gasteiger partial charge in [0.15, 0.2) is 11.1 Å². The number of benzene rings is 2. The minimum absolute atomic E-state index is 0.0518. The van der Waals surface area contributed by atoms with Gasteiger partial charge in [0.05, 0.1) is 31.8 Å². The van der Waals surface area contributed by atoms with E-state index in [1.165, 1.54) is 18.1 Å². The molecule has 1 fully saturated rings. The summed E-state index contributed by atoms with van der Waals surface area (Å²) >= 11 is -1.48. The Morgan fingerprint density at radius 2 is 1.69 bits per heavy atom. The molecule has 0 aliphatic carbocycles. The summed E-state index contributed by atoms with van der Waals surface area (Å²) in [5, 5.41) is 10.2. The molecule has 1 aliphatic rings. The topological polar surface area (TPSA) is 105 Å². The summed E-state index contributed by atoms with van der Waals surface area (Å²) in [6.45, 7) is 4.48. The van der Waals surface area contributed by atoms with Crippen LogP contribution >= 0.6 is 0 Å². The van der Waals surface area contributed by atoms with E-state index in [2.05, 4.69) is 38.8 Å². The van der Waals surface area contributed by atoms with Crippen LogP contribution in [0.2, 0.25) is 0 Å². The maximum absolute atomic E-state index is 11.8. The number of ether oxygens (including phenoxy) is 1. The highest BCUT2D eigenvalue weighted by Crippen LogP contribution is 2.25. The lowest BCUT2D eigenvalue weighted by molar-refractivity contribution is 0.0342. The Kier molecular flexibility index (Phi) is 9.03. The molecule has 188 valence electrons. The van der Waals surface area contributed by atoms with Crippen LogP contribution in [0.3, 0.4) is 0 Å². The molecule has 2 aromatic carbocycles. The molecule has 2 heterocycles. The van der Waals surface area contributed by atoms with Gasteiger partial charge in [-0.1, -0.05) is 36.1 Å². The van der Waals surface area contributed by atoms with E-state index < -0.39 is 28.3 Å². The van der Waals surface area contributed by atoms with Crippen LogP contribution in [0.25, 0.3) is 0 Å². The molecule has 0 amide bonds. The van der Waals surface area contributed by atoms with Gasteiger partial charge in [-0.2, -0.15) is 0 Å². The van der Waals surface area contributed by atoms with Crippen LogP contribution in [-0.4, -0.2) is 63.3 Å².